The van der Waals surface area contributed by atoms with Crippen LogP contribution in [0.15, 0.2) is 24.5 Å². The molecule has 0 heterocycles. The predicted octanol–water partition coefficient (Wildman–Crippen LogP) is 2.26. The molecule has 0 atom stereocenters. The van der Waals surface area contributed by atoms with Crippen LogP contribution in [0.5, 0.6) is 0 Å². The van der Waals surface area contributed by atoms with Crippen LogP contribution in [0.25, 0.3) is 0 Å². The Balaban J connectivity index is 3.15. The van der Waals surface area contributed by atoms with Crippen molar-refractivity contribution < 1.29 is 9.84 Å². The molecule has 0 aliphatic heterocycles. The van der Waals surface area contributed by atoms with Gasteiger partial charge < -0.3 is 9.84 Å². The Morgan fingerprint density at radius 1 is 1.33 bits per heavy atom. The minimum atomic E-state index is 0.0733. The van der Waals surface area contributed by atoms with Gasteiger partial charge in [-0.2, -0.15) is 0 Å². The second-order valence-corrected chi connectivity index (χ2v) is 2.49. The molecular formula is C10H18O2. The smallest absolute Gasteiger partial charge is 0.110 e. The molecule has 1 N–H and O–H groups in total. The highest BCUT2D eigenvalue weighted by molar-refractivity contribution is 4.99. The van der Waals surface area contributed by atoms with E-state index >= 15 is 0 Å². The van der Waals surface area contributed by atoms with Crippen LogP contribution in [-0.2, 0) is 4.74 Å². The zero-order valence-electron chi connectivity index (χ0n) is 7.70. The summed E-state index contributed by atoms with van der Waals surface area (Å²) in [5.74, 6) is 0. The summed E-state index contributed by atoms with van der Waals surface area (Å²) in [6.45, 7) is 2.62. The summed E-state index contributed by atoms with van der Waals surface area (Å²) in [5.41, 5.74) is 0. The van der Waals surface area contributed by atoms with Gasteiger partial charge in [-0.15, -0.1) is 0 Å². The van der Waals surface area contributed by atoms with Crippen LogP contribution in [0.4, 0.5) is 0 Å². The van der Waals surface area contributed by atoms with Crippen LogP contribution < -0.4 is 0 Å². The fraction of sp³-hybridized carbons (Fsp3) is 0.600. The van der Waals surface area contributed by atoms with Gasteiger partial charge in [-0.05, 0) is 12.5 Å². The van der Waals surface area contributed by atoms with Crippen LogP contribution in [0.2, 0.25) is 0 Å². The summed E-state index contributed by atoms with van der Waals surface area (Å²) in [4.78, 5) is 0. The number of hydrogen-bond donors (Lipinski definition) is 1. The Morgan fingerprint density at radius 2 is 2.17 bits per heavy atom. The highest BCUT2D eigenvalue weighted by atomic mass is 16.5. The van der Waals surface area contributed by atoms with Crippen LogP contribution >= 0.6 is 0 Å². The lowest BCUT2D eigenvalue weighted by atomic mass is 10.2. The standard InChI is InChI=1S/C10H18O2/c1-2-3-4-5-6-7-9-12-10-8-11/h5-7,9,11H,2-4,8,10H2,1H3. The van der Waals surface area contributed by atoms with Gasteiger partial charge in [0.05, 0.1) is 12.9 Å². The van der Waals surface area contributed by atoms with Crippen LogP contribution in [0, 0.1) is 0 Å². The first-order chi connectivity index (χ1) is 5.91. The van der Waals surface area contributed by atoms with E-state index in [9.17, 15) is 0 Å². The monoisotopic (exact) mass is 170 g/mol. The van der Waals surface area contributed by atoms with Gasteiger partial charge in [0, 0.05) is 0 Å². The number of allylic oxidation sites excluding steroid dienone is 3. The molecule has 0 saturated carbocycles. The van der Waals surface area contributed by atoms with Crippen molar-refractivity contribution >= 4 is 0 Å². The summed E-state index contributed by atoms with van der Waals surface area (Å²) >= 11 is 0. The largest absolute Gasteiger partial charge is 0.499 e. The molecule has 0 unspecified atom stereocenters. The summed E-state index contributed by atoms with van der Waals surface area (Å²) in [6.07, 6.45) is 11.1. The van der Waals surface area contributed by atoms with Gasteiger partial charge in [0.25, 0.3) is 0 Å². The number of ether oxygens (including phenoxy) is 1. The molecule has 0 amide bonds. The molecule has 0 bridgehead atoms. The normalized spacial score (nSPS) is 11.5. The average Bonchev–Trinajstić information content (AvgIpc) is 2.10. The number of aliphatic hydroxyl groups is 1. The third kappa shape index (κ3) is 9.24. The van der Waals surface area contributed by atoms with Crippen molar-refractivity contribution in [1.82, 2.24) is 0 Å². The molecule has 2 nitrogen and oxygen atoms in total. The van der Waals surface area contributed by atoms with Crippen LogP contribution in [0.3, 0.4) is 0 Å². The van der Waals surface area contributed by atoms with Crippen molar-refractivity contribution in [1.29, 1.82) is 0 Å². The summed E-state index contributed by atoms with van der Waals surface area (Å²) in [5, 5.41) is 8.36. The van der Waals surface area contributed by atoms with Gasteiger partial charge in [-0.25, -0.2) is 0 Å². The van der Waals surface area contributed by atoms with Crippen molar-refractivity contribution in [3.63, 3.8) is 0 Å². The van der Waals surface area contributed by atoms with E-state index in [-0.39, 0.29) is 6.61 Å². The molecule has 0 saturated heterocycles. The molecule has 0 aromatic carbocycles. The summed E-state index contributed by atoms with van der Waals surface area (Å²) < 4.78 is 4.91. The maximum atomic E-state index is 8.36. The Morgan fingerprint density at radius 3 is 2.83 bits per heavy atom. The van der Waals surface area contributed by atoms with Gasteiger partial charge in [0.1, 0.15) is 6.61 Å². The molecule has 0 fully saturated rings. The zero-order chi connectivity index (χ0) is 9.07. The molecular weight excluding hydrogens is 152 g/mol. The third-order valence-electron chi connectivity index (χ3n) is 1.36. The number of hydrogen-bond acceptors (Lipinski definition) is 2. The van der Waals surface area contributed by atoms with Crippen molar-refractivity contribution in [3.8, 4) is 0 Å². The Labute approximate surface area is 74.6 Å². The second kappa shape index (κ2) is 10.2. The number of aliphatic hydroxyl groups excluding tert-OH is 1. The maximum absolute atomic E-state index is 8.36. The summed E-state index contributed by atoms with van der Waals surface area (Å²) in [7, 11) is 0. The zero-order valence-corrected chi connectivity index (χ0v) is 7.70. The molecule has 12 heavy (non-hydrogen) atoms. The molecule has 0 rings (SSSR count). The maximum Gasteiger partial charge on any atom is 0.110 e. The van der Waals surface area contributed by atoms with Crippen LogP contribution in [-0.4, -0.2) is 18.3 Å². The molecule has 0 aromatic rings. The van der Waals surface area contributed by atoms with Crippen molar-refractivity contribution in [2.45, 2.75) is 26.2 Å². The third-order valence-corrected chi connectivity index (χ3v) is 1.36. The van der Waals surface area contributed by atoms with Crippen molar-refractivity contribution in [2.75, 3.05) is 13.2 Å². The summed E-state index contributed by atoms with van der Waals surface area (Å²) in [6, 6.07) is 0. The van der Waals surface area contributed by atoms with E-state index in [2.05, 4.69) is 13.0 Å². The van der Waals surface area contributed by atoms with Gasteiger partial charge in [-0.1, -0.05) is 31.9 Å². The Hall–Kier alpha value is -0.760. The molecule has 0 aliphatic rings. The van der Waals surface area contributed by atoms with Gasteiger partial charge in [0.2, 0.25) is 0 Å². The highest BCUT2D eigenvalue weighted by Crippen LogP contribution is 1.94. The molecule has 2 heteroatoms. The van der Waals surface area contributed by atoms with E-state index in [0.29, 0.717) is 6.61 Å². The van der Waals surface area contributed by atoms with Crippen molar-refractivity contribution in [3.05, 3.63) is 24.5 Å². The fourth-order valence-corrected chi connectivity index (χ4v) is 0.718. The quantitative estimate of drug-likeness (QED) is 0.361. The van der Waals surface area contributed by atoms with E-state index < -0.39 is 0 Å². The van der Waals surface area contributed by atoms with Gasteiger partial charge in [0.15, 0.2) is 0 Å². The highest BCUT2D eigenvalue weighted by Gasteiger charge is 1.76. The number of rotatable bonds is 7. The van der Waals surface area contributed by atoms with Crippen molar-refractivity contribution in [2.24, 2.45) is 0 Å². The van der Waals surface area contributed by atoms with E-state index in [4.69, 9.17) is 9.84 Å². The first-order valence-electron chi connectivity index (χ1n) is 4.46. The molecule has 0 aromatic heterocycles. The molecule has 0 radical (unpaired) electrons. The predicted molar refractivity (Wildman–Crippen MR) is 50.8 cm³/mol. The minimum absolute atomic E-state index is 0.0733. The molecule has 70 valence electrons. The molecule has 0 spiro atoms. The first-order valence-corrected chi connectivity index (χ1v) is 4.46. The minimum Gasteiger partial charge on any atom is -0.499 e. The average molecular weight is 170 g/mol. The van der Waals surface area contributed by atoms with Crippen LogP contribution in [0.1, 0.15) is 26.2 Å². The lowest BCUT2D eigenvalue weighted by molar-refractivity contribution is 0.166. The van der Waals surface area contributed by atoms with E-state index in [1.165, 1.54) is 12.8 Å². The number of unbranched alkanes of at least 4 members (excludes halogenated alkanes) is 2. The van der Waals surface area contributed by atoms with E-state index in [1.54, 1.807) is 6.26 Å². The van der Waals surface area contributed by atoms with Gasteiger partial charge >= 0.3 is 0 Å². The first kappa shape index (κ1) is 11.2. The lowest BCUT2D eigenvalue weighted by Crippen LogP contribution is -1.91. The van der Waals surface area contributed by atoms with E-state index in [0.717, 1.165) is 6.42 Å². The Kier molecular flexibility index (Phi) is 9.59. The SMILES string of the molecule is CCCCC=CC=COCCO. The fourth-order valence-electron chi connectivity index (χ4n) is 0.718. The lowest BCUT2D eigenvalue weighted by Gasteiger charge is -1.92. The second-order valence-electron chi connectivity index (χ2n) is 2.49. The topological polar surface area (TPSA) is 29.5 Å². The van der Waals surface area contributed by atoms with Gasteiger partial charge in [-0.3, -0.25) is 0 Å². The Bertz CT molecular complexity index is 112. The molecule has 0 aliphatic carbocycles. The van der Waals surface area contributed by atoms with E-state index in [1.807, 2.05) is 12.2 Å².